The average molecular weight is 838 g/mol. The van der Waals surface area contributed by atoms with Gasteiger partial charge in [-0.15, -0.1) is 0 Å². The van der Waals surface area contributed by atoms with Gasteiger partial charge in [-0.2, -0.15) is 0 Å². The molecule has 0 heterocycles. The molecule has 0 atom stereocenters. The fourth-order valence-corrected chi connectivity index (χ4v) is 543. The Morgan fingerprint density at radius 1 is 0.213 bits per heavy atom. The molecular formula is C36H96Si11. The molecule has 0 amide bonds. The lowest BCUT2D eigenvalue weighted by Gasteiger charge is -2.78. The zero-order chi connectivity index (χ0) is 39.0. The van der Waals surface area contributed by atoms with Crippen LogP contribution in [-0.2, 0) is 0 Å². The van der Waals surface area contributed by atoms with Gasteiger partial charge in [0.15, 0.2) is 0 Å². The zero-order valence-electron chi connectivity index (χ0n) is 39.0. The minimum absolute atomic E-state index is 0.903. The van der Waals surface area contributed by atoms with E-state index >= 15 is 0 Å². The van der Waals surface area contributed by atoms with Crippen LogP contribution in [0.4, 0.5) is 0 Å². The molecule has 0 aliphatic carbocycles. The first-order valence-corrected chi connectivity index (χ1v) is 61.6. The van der Waals surface area contributed by atoms with Gasteiger partial charge >= 0.3 is 0 Å². The highest BCUT2D eigenvalue weighted by molar-refractivity contribution is 8.23. The minimum Gasteiger partial charge on any atom is -0.0739 e. The smallest absolute Gasteiger partial charge is 0.0478 e. The Hall–Kier alpha value is 2.39. The van der Waals surface area contributed by atoms with Crippen LogP contribution in [0.2, 0.25) is 151 Å². The summed E-state index contributed by atoms with van der Waals surface area (Å²) in [6, 6.07) is 0. The highest BCUT2D eigenvalue weighted by Crippen LogP contribution is 2.62. The average Bonchev–Trinajstić information content (AvgIpc) is 2.74. The van der Waals surface area contributed by atoms with Gasteiger partial charge in [0.05, 0.1) is 0 Å². The molecule has 0 spiro atoms. The lowest BCUT2D eigenvalue weighted by atomic mass is 10.5. The summed E-state index contributed by atoms with van der Waals surface area (Å²) >= 11 is 0. The van der Waals surface area contributed by atoms with Crippen LogP contribution in [0.15, 0.2) is 0 Å². The van der Waals surface area contributed by atoms with Crippen molar-refractivity contribution in [3.05, 3.63) is 0 Å². The minimum atomic E-state index is -1.77. The zero-order valence-corrected chi connectivity index (χ0v) is 50.0. The van der Waals surface area contributed by atoms with Gasteiger partial charge < -0.3 is 0 Å². The first-order chi connectivity index (χ1) is 20.2. The molecule has 0 aromatic rings. The monoisotopic (exact) mass is 836 g/mol. The van der Waals surface area contributed by atoms with E-state index in [4.69, 9.17) is 0 Å². The van der Waals surface area contributed by atoms with Crippen molar-refractivity contribution >= 4 is 79.2 Å². The van der Waals surface area contributed by atoms with Crippen LogP contribution in [-0.4, -0.2) is 79.2 Å². The van der Waals surface area contributed by atoms with Crippen molar-refractivity contribution in [1.82, 2.24) is 0 Å². The van der Waals surface area contributed by atoms with Crippen LogP contribution in [0.5, 0.6) is 0 Å². The van der Waals surface area contributed by atoms with E-state index in [-0.39, 0.29) is 0 Å². The number of hydrogen-bond acceptors (Lipinski definition) is 0. The Balaban J connectivity index is 9.56. The summed E-state index contributed by atoms with van der Waals surface area (Å²) in [5, 5.41) is 0. The largest absolute Gasteiger partial charge is 0.0739 e. The third-order valence-electron chi connectivity index (χ3n) is 16.5. The van der Waals surface area contributed by atoms with E-state index in [0.29, 0.717) is 0 Å². The van der Waals surface area contributed by atoms with Crippen LogP contribution >= 0.6 is 0 Å². The summed E-state index contributed by atoms with van der Waals surface area (Å²) in [5.41, 5.74) is 5.42. The van der Waals surface area contributed by atoms with Gasteiger partial charge in [-0.3, -0.25) is 0 Å². The first kappa shape index (κ1) is 49.4. The summed E-state index contributed by atoms with van der Waals surface area (Å²) in [5.74, 6) is 0. The molecule has 0 aliphatic heterocycles. The predicted octanol–water partition coefficient (Wildman–Crippen LogP) is 14.5. The normalized spacial score (nSPS) is 16.6. The number of rotatable bonds is 16. The Bertz CT molecular complexity index is 887. The molecule has 47 heavy (non-hydrogen) atoms. The molecule has 0 fully saturated rings. The van der Waals surface area contributed by atoms with Crippen molar-refractivity contribution in [2.24, 2.45) is 0 Å². The van der Waals surface area contributed by atoms with Gasteiger partial charge in [-0.25, -0.2) is 0 Å². The quantitative estimate of drug-likeness (QED) is 0.136. The van der Waals surface area contributed by atoms with Crippen LogP contribution < -0.4 is 0 Å². The van der Waals surface area contributed by atoms with Crippen molar-refractivity contribution in [3.8, 4) is 0 Å². The van der Waals surface area contributed by atoms with E-state index in [1.165, 1.54) is 0 Å². The molecule has 0 rings (SSSR count). The first-order valence-electron chi connectivity index (χ1n) is 20.2. The number of hydrogen-bond donors (Lipinski definition) is 0. The second-order valence-corrected chi connectivity index (χ2v) is 152. The fraction of sp³-hybridized carbons (Fsp3) is 1.00. The van der Waals surface area contributed by atoms with E-state index in [1.807, 2.05) is 0 Å². The van der Waals surface area contributed by atoms with Gasteiger partial charge in [-0.1, -0.05) is 234 Å². The van der Waals surface area contributed by atoms with Crippen LogP contribution in [0.25, 0.3) is 0 Å². The Morgan fingerprint density at radius 2 is 0.340 bits per heavy atom. The summed E-state index contributed by atoms with van der Waals surface area (Å²) in [4.78, 5) is 0. The highest BCUT2D eigenvalue weighted by Gasteiger charge is 2.83. The molecule has 0 saturated heterocycles. The maximum absolute atomic E-state index is 3.22. The van der Waals surface area contributed by atoms with E-state index < -0.39 is 79.2 Å². The molecule has 0 unspecified atom stereocenters. The van der Waals surface area contributed by atoms with Crippen molar-refractivity contribution in [2.75, 3.05) is 0 Å². The molecule has 0 saturated carbocycles. The SMILES string of the molecule is CC(C)[Si](C(C)C)(C(C)C)[Si]([Si](C)(C)C)([Si](C)(C)C)[Si](C)(C)[Si](C)(C)[Si](C)(C)[Si]([Si](C)(C)C)([Si](C)(C)C)[Si](C(C)C)(C(C)C)C(C)C. The summed E-state index contributed by atoms with van der Waals surface area (Å²) in [7, 11) is -15.0. The van der Waals surface area contributed by atoms with E-state index in [2.05, 4.69) is 201 Å². The van der Waals surface area contributed by atoms with Gasteiger partial charge in [0.2, 0.25) is 0 Å². The lowest BCUT2D eigenvalue weighted by molar-refractivity contribution is 0.845. The topological polar surface area (TPSA) is 0 Å². The van der Waals surface area contributed by atoms with Crippen LogP contribution in [0.1, 0.15) is 83.1 Å². The summed E-state index contributed by atoms with van der Waals surface area (Å²) in [6.07, 6.45) is -3.52. The third-order valence-corrected chi connectivity index (χ3v) is 310. The molecule has 0 aliphatic rings. The fourth-order valence-electron chi connectivity index (χ4n) is 18.0. The molecule has 0 aromatic carbocycles. The molecular weight excluding hydrogens is 741 g/mol. The van der Waals surface area contributed by atoms with Crippen molar-refractivity contribution in [2.45, 2.75) is 234 Å². The second-order valence-electron chi connectivity index (χ2n) is 24.2. The van der Waals surface area contributed by atoms with Gasteiger partial charge in [0.1, 0.15) is 0 Å². The predicted molar refractivity (Wildman–Crippen MR) is 259 cm³/mol. The Morgan fingerprint density at radius 3 is 0.426 bits per heavy atom. The van der Waals surface area contributed by atoms with Crippen molar-refractivity contribution in [1.29, 1.82) is 0 Å². The maximum Gasteiger partial charge on any atom is 0.0478 e. The van der Waals surface area contributed by atoms with Crippen molar-refractivity contribution in [3.63, 3.8) is 0 Å². The summed E-state index contributed by atoms with van der Waals surface area (Å²) < 4.78 is 0. The molecule has 0 aromatic heterocycles. The Kier molecular flexibility index (Phi) is 15.3. The summed E-state index contributed by atoms with van der Waals surface area (Å²) in [6.45, 7) is 88.7. The Labute approximate surface area is 311 Å². The van der Waals surface area contributed by atoms with Gasteiger partial charge in [0.25, 0.3) is 0 Å². The van der Waals surface area contributed by atoms with Crippen molar-refractivity contribution < 1.29 is 0 Å². The third kappa shape index (κ3) is 6.32. The van der Waals surface area contributed by atoms with Gasteiger partial charge in [0, 0.05) is 79.2 Å². The molecule has 11 heteroatoms. The van der Waals surface area contributed by atoms with E-state index in [1.54, 1.807) is 0 Å². The second kappa shape index (κ2) is 14.6. The van der Waals surface area contributed by atoms with E-state index in [9.17, 15) is 0 Å². The standard InChI is InChI=1S/C36H96Si11/c1-31(2)44(32(3)4,33(5)6)46(37(13,14)15,38(16,17)18)42(27,28)41(25,26)43(29,30)47(39(19,20)21,40(22,23)24)45(34(7)8,35(9)10)36(11)12/h31-36H,1-30H3. The lowest BCUT2D eigenvalue weighted by Crippen LogP contribution is -3.06. The molecule has 0 N–H and O–H groups in total. The van der Waals surface area contributed by atoms with E-state index in [0.717, 1.165) is 33.2 Å². The van der Waals surface area contributed by atoms with Crippen LogP contribution in [0.3, 0.4) is 0 Å². The highest BCUT2D eigenvalue weighted by atomic mass is 30.4. The molecule has 0 radical (unpaired) electrons. The van der Waals surface area contributed by atoms with Gasteiger partial charge in [-0.05, 0) is 0 Å². The molecule has 0 nitrogen and oxygen atoms in total. The van der Waals surface area contributed by atoms with Crippen LogP contribution in [0, 0.1) is 0 Å². The molecule has 284 valence electrons. The maximum atomic E-state index is 3.22. The molecule has 0 bridgehead atoms.